The number of carbonyl (C=O) groups excluding carboxylic acids is 1. The summed E-state index contributed by atoms with van der Waals surface area (Å²) in [5.41, 5.74) is 2.21. The first-order valence-electron chi connectivity index (χ1n) is 7.22. The number of amides is 2. The summed E-state index contributed by atoms with van der Waals surface area (Å²) in [7, 11) is 0. The lowest BCUT2D eigenvalue weighted by atomic mass is 9.87. The van der Waals surface area contributed by atoms with Gasteiger partial charge in [-0.25, -0.2) is 4.79 Å². The van der Waals surface area contributed by atoms with Gasteiger partial charge in [0.05, 0.1) is 0 Å². The maximum absolute atomic E-state index is 12.5. The number of para-hydroxylation sites is 1. The number of carbonyl (C=O) groups is 1. The zero-order valence-corrected chi connectivity index (χ0v) is 12.2. The van der Waals surface area contributed by atoms with Crippen LogP contribution in [0, 0.1) is 0 Å². The Morgan fingerprint density at radius 3 is 2.84 bits per heavy atom. The number of hydrogen-bond acceptors (Lipinski definition) is 1. The van der Waals surface area contributed by atoms with E-state index < -0.39 is 0 Å². The number of urea groups is 1. The average Bonchev–Trinajstić information content (AvgIpc) is 2.38. The highest BCUT2D eigenvalue weighted by molar-refractivity contribution is 5.94. The van der Waals surface area contributed by atoms with E-state index in [1.165, 1.54) is 5.56 Å². The smallest absolute Gasteiger partial charge is 0.322 e. The average molecular weight is 260 g/mol. The van der Waals surface area contributed by atoms with Crippen LogP contribution in [0.3, 0.4) is 0 Å². The molecule has 1 aliphatic rings. The molecule has 104 valence electrons. The molecule has 19 heavy (non-hydrogen) atoms. The Kier molecular flexibility index (Phi) is 4.13. The van der Waals surface area contributed by atoms with Gasteiger partial charge in [0.25, 0.3) is 0 Å². The van der Waals surface area contributed by atoms with Gasteiger partial charge in [-0.3, -0.25) is 4.90 Å². The molecule has 1 aliphatic heterocycles. The molecule has 0 unspecified atom stereocenters. The van der Waals surface area contributed by atoms with E-state index in [2.05, 4.69) is 38.2 Å². The molecule has 0 atom stereocenters. The summed E-state index contributed by atoms with van der Waals surface area (Å²) >= 11 is 0. The molecule has 2 rings (SSSR count). The highest BCUT2D eigenvalue weighted by atomic mass is 16.2. The van der Waals surface area contributed by atoms with Crippen molar-refractivity contribution >= 4 is 11.7 Å². The van der Waals surface area contributed by atoms with Gasteiger partial charge in [0.15, 0.2) is 0 Å². The molecule has 1 N–H and O–H groups in total. The van der Waals surface area contributed by atoms with Gasteiger partial charge in [-0.1, -0.05) is 31.5 Å². The maximum Gasteiger partial charge on any atom is 0.322 e. The number of aryl methyl sites for hydroxylation is 1. The van der Waals surface area contributed by atoms with Crippen LogP contribution in [0.4, 0.5) is 10.5 Å². The molecule has 0 bridgehead atoms. The zero-order chi connectivity index (χ0) is 13.9. The Bertz CT molecular complexity index is 454. The van der Waals surface area contributed by atoms with Gasteiger partial charge < -0.3 is 5.32 Å². The van der Waals surface area contributed by atoms with Crippen molar-refractivity contribution in [2.75, 3.05) is 11.4 Å². The van der Waals surface area contributed by atoms with Gasteiger partial charge in [-0.2, -0.15) is 0 Å². The molecule has 2 amide bonds. The standard InChI is InChI=1S/C16H24N2O/c1-4-5-12-17-15(19)18-14-9-7-6-8-13(14)10-11-16(18,2)3/h6-9H,4-5,10-12H2,1-3H3,(H,17,19). The van der Waals surface area contributed by atoms with E-state index in [0.717, 1.165) is 37.9 Å². The predicted octanol–water partition coefficient (Wildman–Crippen LogP) is 3.73. The number of anilines is 1. The van der Waals surface area contributed by atoms with E-state index in [1.54, 1.807) is 0 Å². The molecule has 0 saturated heterocycles. The van der Waals surface area contributed by atoms with Gasteiger partial charge in [-0.05, 0) is 44.7 Å². The van der Waals surface area contributed by atoms with Gasteiger partial charge in [0.1, 0.15) is 0 Å². The quantitative estimate of drug-likeness (QED) is 0.825. The Morgan fingerprint density at radius 2 is 2.11 bits per heavy atom. The highest BCUT2D eigenvalue weighted by Crippen LogP contribution is 2.36. The first-order valence-corrected chi connectivity index (χ1v) is 7.22. The lowest BCUT2D eigenvalue weighted by Crippen LogP contribution is -2.54. The van der Waals surface area contributed by atoms with Crippen LogP contribution in [-0.2, 0) is 6.42 Å². The summed E-state index contributed by atoms with van der Waals surface area (Å²) in [6.07, 6.45) is 4.18. The Labute approximate surface area is 116 Å². The van der Waals surface area contributed by atoms with E-state index >= 15 is 0 Å². The minimum atomic E-state index is -0.120. The summed E-state index contributed by atoms with van der Waals surface area (Å²) in [5, 5.41) is 3.04. The van der Waals surface area contributed by atoms with Gasteiger partial charge in [-0.15, -0.1) is 0 Å². The van der Waals surface area contributed by atoms with Crippen LogP contribution in [0.2, 0.25) is 0 Å². The molecule has 0 fully saturated rings. The number of nitrogens with one attached hydrogen (secondary N) is 1. The molecule has 3 nitrogen and oxygen atoms in total. The molecule has 1 heterocycles. The third kappa shape index (κ3) is 2.91. The largest absolute Gasteiger partial charge is 0.338 e. The third-order valence-electron chi connectivity index (χ3n) is 3.85. The Morgan fingerprint density at radius 1 is 1.37 bits per heavy atom. The van der Waals surface area contributed by atoms with Crippen LogP contribution in [0.5, 0.6) is 0 Å². The number of benzene rings is 1. The second-order valence-electron chi connectivity index (χ2n) is 5.86. The summed E-state index contributed by atoms with van der Waals surface area (Å²) < 4.78 is 0. The van der Waals surface area contributed by atoms with Gasteiger partial charge in [0, 0.05) is 17.8 Å². The summed E-state index contributed by atoms with van der Waals surface area (Å²) in [6.45, 7) is 7.17. The Balaban J connectivity index is 2.22. The summed E-state index contributed by atoms with van der Waals surface area (Å²) in [6, 6.07) is 8.26. The van der Waals surface area contributed by atoms with Crippen LogP contribution in [-0.4, -0.2) is 18.1 Å². The van der Waals surface area contributed by atoms with Crippen molar-refractivity contribution in [2.45, 2.75) is 52.0 Å². The number of nitrogens with zero attached hydrogens (tertiary/aromatic N) is 1. The zero-order valence-electron chi connectivity index (χ0n) is 12.2. The minimum absolute atomic E-state index is 0.0330. The number of fused-ring (bicyclic) bond motifs is 1. The fraction of sp³-hybridized carbons (Fsp3) is 0.562. The molecule has 1 aromatic rings. The first-order chi connectivity index (χ1) is 9.06. The minimum Gasteiger partial charge on any atom is -0.338 e. The first kappa shape index (κ1) is 13.9. The maximum atomic E-state index is 12.5. The van der Waals surface area contributed by atoms with E-state index in [9.17, 15) is 4.79 Å². The molecule has 0 saturated carbocycles. The van der Waals surface area contributed by atoms with Crippen molar-refractivity contribution in [3.05, 3.63) is 29.8 Å². The van der Waals surface area contributed by atoms with Crippen LogP contribution < -0.4 is 10.2 Å². The monoisotopic (exact) mass is 260 g/mol. The fourth-order valence-corrected chi connectivity index (χ4v) is 2.65. The Hall–Kier alpha value is -1.51. The van der Waals surface area contributed by atoms with E-state index in [1.807, 2.05) is 17.0 Å². The molecule has 0 spiro atoms. The second-order valence-corrected chi connectivity index (χ2v) is 5.86. The third-order valence-corrected chi connectivity index (χ3v) is 3.85. The number of unbranched alkanes of at least 4 members (excludes halogenated alkanes) is 1. The number of rotatable bonds is 3. The van der Waals surface area contributed by atoms with Crippen LogP contribution in [0.25, 0.3) is 0 Å². The molecule has 0 aliphatic carbocycles. The van der Waals surface area contributed by atoms with Crippen LogP contribution in [0.15, 0.2) is 24.3 Å². The van der Waals surface area contributed by atoms with Crippen molar-refractivity contribution in [3.63, 3.8) is 0 Å². The molecule has 1 aromatic carbocycles. The number of hydrogen-bond donors (Lipinski definition) is 1. The summed E-state index contributed by atoms with van der Waals surface area (Å²) in [4.78, 5) is 14.4. The van der Waals surface area contributed by atoms with Gasteiger partial charge >= 0.3 is 6.03 Å². The van der Waals surface area contributed by atoms with Crippen molar-refractivity contribution in [2.24, 2.45) is 0 Å². The lowest BCUT2D eigenvalue weighted by Gasteiger charge is -2.43. The second kappa shape index (κ2) is 5.64. The summed E-state index contributed by atoms with van der Waals surface area (Å²) in [5.74, 6) is 0. The van der Waals surface area contributed by atoms with Crippen LogP contribution >= 0.6 is 0 Å². The molecular formula is C16H24N2O. The topological polar surface area (TPSA) is 32.3 Å². The normalized spacial score (nSPS) is 16.9. The predicted molar refractivity (Wildman–Crippen MR) is 79.6 cm³/mol. The lowest BCUT2D eigenvalue weighted by molar-refractivity contribution is 0.237. The fourth-order valence-electron chi connectivity index (χ4n) is 2.65. The van der Waals surface area contributed by atoms with E-state index in [-0.39, 0.29) is 11.6 Å². The highest BCUT2D eigenvalue weighted by Gasteiger charge is 2.36. The van der Waals surface area contributed by atoms with Crippen molar-refractivity contribution in [1.82, 2.24) is 5.32 Å². The molecule has 3 heteroatoms. The van der Waals surface area contributed by atoms with E-state index in [4.69, 9.17) is 0 Å². The van der Waals surface area contributed by atoms with Crippen molar-refractivity contribution in [1.29, 1.82) is 0 Å². The SMILES string of the molecule is CCCCNC(=O)N1c2ccccc2CCC1(C)C. The van der Waals surface area contributed by atoms with Crippen LogP contribution in [0.1, 0.15) is 45.6 Å². The van der Waals surface area contributed by atoms with E-state index in [0.29, 0.717) is 0 Å². The molecule has 0 aromatic heterocycles. The molecular weight excluding hydrogens is 236 g/mol. The van der Waals surface area contributed by atoms with Gasteiger partial charge in [0.2, 0.25) is 0 Å². The molecule has 0 radical (unpaired) electrons. The van der Waals surface area contributed by atoms with Crippen molar-refractivity contribution in [3.8, 4) is 0 Å². The van der Waals surface area contributed by atoms with Crippen molar-refractivity contribution < 1.29 is 4.79 Å².